The first-order valence-corrected chi connectivity index (χ1v) is 11.1. The van der Waals surface area contributed by atoms with Crippen LogP contribution in [-0.4, -0.2) is 13.1 Å². The maximum atomic E-state index is 2.54. The highest BCUT2D eigenvalue weighted by molar-refractivity contribution is 6.34. The Kier molecular flexibility index (Phi) is 3.22. The molecule has 5 aromatic carbocycles. The highest BCUT2D eigenvalue weighted by Crippen LogP contribution is 2.54. The summed E-state index contributed by atoms with van der Waals surface area (Å²) < 4.78 is 0. The number of nitrogens with zero attached hydrogens (tertiary/aromatic N) is 1. The molecule has 1 nitrogen and oxygen atoms in total. The minimum absolute atomic E-state index is 0.513. The summed E-state index contributed by atoms with van der Waals surface area (Å²) in [7, 11) is 0. The fraction of sp³-hybridized carbons (Fsp3) is 0.172. The molecule has 0 saturated heterocycles. The Morgan fingerprint density at radius 3 is 2.07 bits per heavy atom. The molecule has 0 spiro atoms. The molecule has 0 aliphatic heterocycles. The monoisotopic (exact) mass is 385 g/mol. The smallest absolute Gasteiger partial charge is 0.0366 e. The molecule has 1 unspecified atom stereocenters. The van der Waals surface area contributed by atoms with Gasteiger partial charge >= 0.3 is 0 Å². The van der Waals surface area contributed by atoms with Crippen molar-refractivity contribution in [2.45, 2.75) is 19.3 Å². The van der Waals surface area contributed by atoms with Gasteiger partial charge in [0.25, 0.3) is 0 Å². The molecule has 0 N–H and O–H groups in total. The van der Waals surface area contributed by atoms with Gasteiger partial charge in [0.2, 0.25) is 0 Å². The van der Waals surface area contributed by atoms with Crippen molar-refractivity contribution >= 4 is 38.0 Å². The third-order valence-corrected chi connectivity index (χ3v) is 7.37. The van der Waals surface area contributed by atoms with Crippen LogP contribution in [0.5, 0.6) is 0 Å². The van der Waals surface area contributed by atoms with Crippen LogP contribution in [0.25, 0.3) is 43.4 Å². The lowest BCUT2D eigenvalue weighted by Crippen LogP contribution is -2.30. The molecule has 2 aliphatic rings. The third-order valence-electron chi connectivity index (χ3n) is 7.37. The summed E-state index contributed by atoms with van der Waals surface area (Å²) in [4.78, 5) is 2.54. The maximum Gasteiger partial charge on any atom is 0.0366 e. The van der Waals surface area contributed by atoms with Gasteiger partial charge in [0.1, 0.15) is 0 Å². The molecule has 0 saturated carbocycles. The Hall–Kier alpha value is -3.32. The van der Waals surface area contributed by atoms with Gasteiger partial charge in [0, 0.05) is 24.7 Å². The lowest BCUT2D eigenvalue weighted by Gasteiger charge is -2.33. The zero-order chi connectivity index (χ0) is 19.8. The Bertz CT molecular complexity index is 1470. The van der Waals surface area contributed by atoms with Crippen LogP contribution in [0.2, 0.25) is 0 Å². The van der Waals surface area contributed by atoms with E-state index >= 15 is 0 Å². The minimum atomic E-state index is 0.513. The fourth-order valence-corrected chi connectivity index (χ4v) is 6.03. The topological polar surface area (TPSA) is 3.24 Å². The van der Waals surface area contributed by atoms with Crippen molar-refractivity contribution in [3.8, 4) is 11.1 Å². The second kappa shape index (κ2) is 5.86. The molecule has 0 fully saturated rings. The van der Waals surface area contributed by atoms with Gasteiger partial charge in [-0.05, 0) is 80.0 Å². The van der Waals surface area contributed by atoms with Crippen LogP contribution < -0.4 is 4.90 Å². The summed E-state index contributed by atoms with van der Waals surface area (Å²) in [6.07, 6.45) is 1.12. The van der Waals surface area contributed by atoms with E-state index in [-0.39, 0.29) is 0 Å². The van der Waals surface area contributed by atoms with Crippen molar-refractivity contribution in [2.24, 2.45) is 0 Å². The van der Waals surface area contributed by atoms with Crippen molar-refractivity contribution in [3.63, 3.8) is 0 Å². The van der Waals surface area contributed by atoms with E-state index < -0.39 is 0 Å². The lowest BCUT2D eigenvalue weighted by molar-refractivity contribution is 0.644. The van der Waals surface area contributed by atoms with Gasteiger partial charge in [0.05, 0.1) is 0 Å². The van der Waals surface area contributed by atoms with Gasteiger partial charge in [-0.25, -0.2) is 0 Å². The van der Waals surface area contributed by atoms with Crippen LogP contribution in [-0.2, 0) is 6.42 Å². The summed E-state index contributed by atoms with van der Waals surface area (Å²) in [5, 5.41) is 8.61. The van der Waals surface area contributed by atoms with Crippen LogP contribution in [0, 0.1) is 0 Å². The first kappa shape index (κ1) is 16.5. The SMILES string of the molecule is CCN(CC1Cc2ccc3ccc4ccc5ccc1c1c5c4c3c2-1)c1ccccc1. The maximum absolute atomic E-state index is 2.54. The summed E-state index contributed by atoms with van der Waals surface area (Å²) in [5.74, 6) is 0.513. The summed E-state index contributed by atoms with van der Waals surface area (Å²) >= 11 is 0. The zero-order valence-electron chi connectivity index (χ0n) is 17.2. The van der Waals surface area contributed by atoms with Gasteiger partial charge in [0.15, 0.2) is 0 Å². The average Bonchev–Trinajstić information content (AvgIpc) is 3.17. The summed E-state index contributed by atoms with van der Waals surface area (Å²) in [5.41, 5.74) is 7.45. The lowest BCUT2D eigenvalue weighted by atomic mass is 9.77. The van der Waals surface area contributed by atoms with E-state index in [9.17, 15) is 0 Å². The molecule has 0 bridgehead atoms. The number of anilines is 1. The quantitative estimate of drug-likeness (QED) is 0.288. The van der Waals surface area contributed by atoms with Crippen LogP contribution in [0.1, 0.15) is 24.0 Å². The first-order valence-electron chi connectivity index (χ1n) is 11.1. The standard InChI is InChI=1S/C29H23N/c1-2-30(23-6-4-3-5-7-23)17-22-16-21-13-12-19-9-8-18-10-11-20-14-15-24(22)29-27(20)25(18)26(19)28(21)29/h3-15,22H,2,16-17H2,1H3. The molecule has 5 aromatic rings. The van der Waals surface area contributed by atoms with E-state index in [1.54, 1.807) is 5.56 Å². The number of rotatable bonds is 4. The van der Waals surface area contributed by atoms with Gasteiger partial charge in [-0.1, -0.05) is 66.7 Å². The molecule has 0 amide bonds. The third kappa shape index (κ3) is 2.02. The largest absolute Gasteiger partial charge is 0.371 e. The fourth-order valence-electron chi connectivity index (χ4n) is 6.03. The van der Waals surface area contributed by atoms with Crippen molar-refractivity contribution in [1.29, 1.82) is 0 Å². The number of hydrogen-bond acceptors (Lipinski definition) is 1. The van der Waals surface area contributed by atoms with E-state index in [1.807, 2.05) is 0 Å². The second-order valence-corrected chi connectivity index (χ2v) is 8.83. The van der Waals surface area contributed by atoms with Crippen LogP contribution in [0.15, 0.2) is 78.9 Å². The normalized spacial score (nSPS) is 16.0. The highest BCUT2D eigenvalue weighted by atomic mass is 15.1. The number of likely N-dealkylation sites (N-methyl/N-ethyl adjacent to an activating group) is 1. The minimum Gasteiger partial charge on any atom is -0.371 e. The Labute approximate surface area is 176 Å². The van der Waals surface area contributed by atoms with E-state index in [2.05, 4.69) is 90.7 Å². The van der Waals surface area contributed by atoms with Crippen LogP contribution in [0.4, 0.5) is 5.69 Å². The van der Waals surface area contributed by atoms with E-state index in [1.165, 1.54) is 54.7 Å². The molecular formula is C29H23N. The molecule has 0 radical (unpaired) electrons. The molecule has 0 aromatic heterocycles. The molecule has 0 heterocycles. The average molecular weight is 386 g/mol. The van der Waals surface area contributed by atoms with E-state index in [0.717, 1.165) is 19.5 Å². The molecule has 1 heteroatoms. The van der Waals surface area contributed by atoms with E-state index in [4.69, 9.17) is 0 Å². The number of hydrogen-bond donors (Lipinski definition) is 0. The van der Waals surface area contributed by atoms with Gasteiger partial charge in [-0.3, -0.25) is 0 Å². The number of para-hydroxylation sites is 1. The molecule has 7 rings (SSSR count). The Morgan fingerprint density at radius 2 is 1.33 bits per heavy atom. The van der Waals surface area contributed by atoms with Gasteiger partial charge < -0.3 is 4.90 Å². The van der Waals surface area contributed by atoms with Crippen LogP contribution >= 0.6 is 0 Å². The van der Waals surface area contributed by atoms with Crippen molar-refractivity contribution in [2.75, 3.05) is 18.0 Å². The Balaban J connectivity index is 1.47. The molecule has 144 valence electrons. The van der Waals surface area contributed by atoms with Gasteiger partial charge in [-0.2, -0.15) is 0 Å². The van der Waals surface area contributed by atoms with E-state index in [0.29, 0.717) is 5.92 Å². The summed E-state index contributed by atoms with van der Waals surface area (Å²) in [6, 6.07) is 29.6. The molecule has 1 atom stereocenters. The molecule has 30 heavy (non-hydrogen) atoms. The van der Waals surface area contributed by atoms with Gasteiger partial charge in [-0.15, -0.1) is 0 Å². The predicted octanol–water partition coefficient (Wildman–Crippen LogP) is 7.29. The first-order chi connectivity index (χ1) is 14.8. The second-order valence-electron chi connectivity index (χ2n) is 8.83. The zero-order valence-corrected chi connectivity index (χ0v) is 17.2. The molecular weight excluding hydrogens is 362 g/mol. The molecule has 2 aliphatic carbocycles. The van der Waals surface area contributed by atoms with Crippen LogP contribution in [0.3, 0.4) is 0 Å². The van der Waals surface area contributed by atoms with Crippen molar-refractivity contribution < 1.29 is 0 Å². The Morgan fingerprint density at radius 1 is 0.700 bits per heavy atom. The highest BCUT2D eigenvalue weighted by Gasteiger charge is 2.33. The van der Waals surface area contributed by atoms with Crippen molar-refractivity contribution in [3.05, 3.63) is 90.0 Å². The predicted molar refractivity (Wildman–Crippen MR) is 129 cm³/mol. The summed E-state index contributed by atoms with van der Waals surface area (Å²) in [6.45, 7) is 4.36. The van der Waals surface area contributed by atoms with Crippen molar-refractivity contribution in [1.82, 2.24) is 0 Å². The number of benzene rings is 5.